The minimum absolute atomic E-state index is 0.184. The summed E-state index contributed by atoms with van der Waals surface area (Å²) in [6.45, 7) is 6.17. The van der Waals surface area contributed by atoms with Crippen LogP contribution in [-0.4, -0.2) is 35.2 Å². The van der Waals surface area contributed by atoms with E-state index in [2.05, 4.69) is 38.6 Å². The van der Waals surface area contributed by atoms with Gasteiger partial charge in [0, 0.05) is 23.8 Å². The molecule has 0 bridgehead atoms. The van der Waals surface area contributed by atoms with Gasteiger partial charge in [-0.3, -0.25) is 4.79 Å². The molecule has 0 radical (unpaired) electrons. The first kappa shape index (κ1) is 21.8. The average molecular weight is 457 g/mol. The van der Waals surface area contributed by atoms with Crippen LogP contribution in [0.25, 0.3) is 17.2 Å². The Hall–Kier alpha value is -4.01. The molecule has 0 aliphatic heterocycles. The molecule has 1 aromatic carbocycles. The van der Waals surface area contributed by atoms with E-state index in [-0.39, 0.29) is 11.9 Å². The van der Waals surface area contributed by atoms with E-state index in [0.29, 0.717) is 34.5 Å². The van der Waals surface area contributed by atoms with Gasteiger partial charge in [-0.2, -0.15) is 0 Å². The number of rotatable bonds is 7. The van der Waals surface area contributed by atoms with Gasteiger partial charge in [0.05, 0.1) is 23.3 Å². The summed E-state index contributed by atoms with van der Waals surface area (Å²) in [7, 11) is 0. The van der Waals surface area contributed by atoms with Crippen molar-refractivity contribution < 1.29 is 4.79 Å². The molecule has 1 saturated carbocycles. The van der Waals surface area contributed by atoms with E-state index in [1.165, 1.54) is 12.8 Å². The van der Waals surface area contributed by atoms with E-state index in [9.17, 15) is 4.79 Å². The molecule has 0 saturated heterocycles. The van der Waals surface area contributed by atoms with E-state index in [1.807, 2.05) is 53.6 Å². The molecule has 1 fully saturated rings. The summed E-state index contributed by atoms with van der Waals surface area (Å²) >= 11 is 0. The van der Waals surface area contributed by atoms with Gasteiger partial charge in [0.2, 0.25) is 0 Å². The summed E-state index contributed by atoms with van der Waals surface area (Å²) in [6, 6.07) is 9.31. The van der Waals surface area contributed by atoms with Gasteiger partial charge in [0.25, 0.3) is 5.91 Å². The first-order valence-corrected chi connectivity index (χ1v) is 11.6. The smallest absolute Gasteiger partial charge is 0.258 e. The Kier molecular flexibility index (Phi) is 5.61. The number of anilines is 2. The van der Waals surface area contributed by atoms with Crippen molar-refractivity contribution in [2.45, 2.75) is 52.0 Å². The van der Waals surface area contributed by atoms with Crippen molar-refractivity contribution >= 4 is 17.4 Å². The van der Waals surface area contributed by atoms with Crippen LogP contribution in [0.3, 0.4) is 0 Å². The highest BCUT2D eigenvalue weighted by Gasteiger charge is 2.26. The lowest BCUT2D eigenvalue weighted by atomic mass is 10.0. The zero-order valence-corrected chi connectivity index (χ0v) is 19.6. The number of nitrogens with zero attached hydrogens (tertiary/aromatic N) is 6. The number of aryl methyl sites for hydroxylation is 1. The molecule has 0 spiro atoms. The third-order valence-electron chi connectivity index (χ3n) is 6.10. The third kappa shape index (κ3) is 4.16. The van der Waals surface area contributed by atoms with Crippen molar-refractivity contribution in [1.82, 2.24) is 29.3 Å². The number of hydrogen-bond acceptors (Lipinski definition) is 6. The number of carbonyl (C=O) groups excluding carboxylic acids is 1. The normalized spacial score (nSPS) is 13.4. The fourth-order valence-electron chi connectivity index (χ4n) is 4.05. The number of hydrogen-bond donors (Lipinski definition) is 2. The minimum atomic E-state index is -0.320. The molecule has 1 amide bonds. The summed E-state index contributed by atoms with van der Waals surface area (Å²) in [5.74, 6) is 1.30. The zero-order valence-electron chi connectivity index (χ0n) is 19.6. The molecule has 3 heterocycles. The maximum atomic E-state index is 13.2. The number of carbonyl (C=O) groups is 1. The predicted octanol–water partition coefficient (Wildman–Crippen LogP) is 4.38. The van der Waals surface area contributed by atoms with Crippen LogP contribution < -0.4 is 11.1 Å². The number of imidazole rings is 1. The highest BCUT2D eigenvalue weighted by atomic mass is 16.1. The van der Waals surface area contributed by atoms with Gasteiger partial charge in [-0.05, 0) is 62.9 Å². The lowest BCUT2D eigenvalue weighted by Crippen LogP contribution is -2.16. The Morgan fingerprint density at radius 2 is 2.06 bits per heavy atom. The molecule has 174 valence electrons. The Bertz CT molecular complexity index is 1350. The SMILES string of the molecule is CCc1cc(N)c(C(=O)Nc2cccc(-c3nncn3C(C)C)n2)cc1-n1cnc(C2CC2)c1. The average Bonchev–Trinajstić information content (AvgIpc) is 3.34. The standard InChI is InChI=1S/C25H28N8O/c1-4-16-10-19(26)18(11-22(16)32-12-21(27-13-32)17-8-9-17)25(34)30-23-7-5-6-20(29-23)24-31-28-14-33(24)15(2)3/h5-7,10-15,17H,4,8-9,26H2,1-3H3,(H,29,30,34). The summed E-state index contributed by atoms with van der Waals surface area (Å²) in [4.78, 5) is 22.4. The highest BCUT2D eigenvalue weighted by molar-refractivity contribution is 6.08. The summed E-state index contributed by atoms with van der Waals surface area (Å²) in [5, 5.41) is 11.1. The van der Waals surface area contributed by atoms with Crippen molar-refractivity contribution in [2.75, 3.05) is 11.1 Å². The lowest BCUT2D eigenvalue weighted by Gasteiger charge is -2.14. The van der Waals surface area contributed by atoms with Gasteiger partial charge in [0.1, 0.15) is 17.8 Å². The van der Waals surface area contributed by atoms with E-state index in [0.717, 1.165) is 23.4 Å². The molecule has 3 N–H and O–H groups in total. The quantitative estimate of drug-likeness (QED) is 0.399. The van der Waals surface area contributed by atoms with Crippen LogP contribution in [0.2, 0.25) is 0 Å². The molecule has 1 aliphatic rings. The molecule has 5 rings (SSSR count). The van der Waals surface area contributed by atoms with Crippen molar-refractivity contribution in [1.29, 1.82) is 0 Å². The maximum Gasteiger partial charge on any atom is 0.258 e. The van der Waals surface area contributed by atoms with Crippen LogP contribution in [0.15, 0.2) is 49.2 Å². The third-order valence-corrected chi connectivity index (χ3v) is 6.10. The van der Waals surface area contributed by atoms with Gasteiger partial charge in [-0.25, -0.2) is 9.97 Å². The molecule has 34 heavy (non-hydrogen) atoms. The number of nitrogens with one attached hydrogen (secondary N) is 1. The molecule has 0 unspecified atom stereocenters. The number of nitrogen functional groups attached to an aromatic ring is 1. The first-order valence-electron chi connectivity index (χ1n) is 11.6. The largest absolute Gasteiger partial charge is 0.398 e. The number of pyridine rings is 1. The Labute approximate surface area is 198 Å². The van der Waals surface area contributed by atoms with E-state index >= 15 is 0 Å². The van der Waals surface area contributed by atoms with Crippen molar-refractivity contribution in [3.63, 3.8) is 0 Å². The van der Waals surface area contributed by atoms with Crippen LogP contribution in [0.1, 0.15) is 67.2 Å². The minimum Gasteiger partial charge on any atom is -0.398 e. The Morgan fingerprint density at radius 1 is 1.24 bits per heavy atom. The van der Waals surface area contributed by atoms with Crippen LogP contribution >= 0.6 is 0 Å². The number of aromatic nitrogens is 6. The molecule has 9 heteroatoms. The molecular weight excluding hydrogens is 428 g/mol. The molecule has 3 aromatic heterocycles. The summed E-state index contributed by atoms with van der Waals surface area (Å²) in [5.41, 5.74) is 10.8. The van der Waals surface area contributed by atoms with Crippen LogP contribution in [-0.2, 0) is 6.42 Å². The van der Waals surface area contributed by atoms with Crippen molar-refractivity contribution in [3.8, 4) is 17.2 Å². The summed E-state index contributed by atoms with van der Waals surface area (Å²) in [6.07, 6.45) is 8.71. The second-order valence-electron chi connectivity index (χ2n) is 8.92. The number of nitrogens with two attached hydrogens (primary N) is 1. The van der Waals surface area contributed by atoms with Crippen LogP contribution in [0.4, 0.5) is 11.5 Å². The summed E-state index contributed by atoms with van der Waals surface area (Å²) < 4.78 is 3.92. The van der Waals surface area contributed by atoms with Gasteiger partial charge in [-0.1, -0.05) is 13.0 Å². The zero-order chi connectivity index (χ0) is 23.8. The topological polar surface area (TPSA) is 117 Å². The van der Waals surface area contributed by atoms with E-state index in [4.69, 9.17) is 5.73 Å². The van der Waals surface area contributed by atoms with Gasteiger partial charge in [0.15, 0.2) is 5.82 Å². The number of benzene rings is 1. The number of amides is 1. The van der Waals surface area contributed by atoms with Gasteiger partial charge in [-0.15, -0.1) is 10.2 Å². The lowest BCUT2D eigenvalue weighted by molar-refractivity contribution is 0.102. The van der Waals surface area contributed by atoms with E-state index < -0.39 is 0 Å². The molecular formula is C25H28N8O. The molecule has 1 aliphatic carbocycles. The second kappa shape index (κ2) is 8.74. The Balaban J connectivity index is 1.44. The highest BCUT2D eigenvalue weighted by Crippen LogP contribution is 2.39. The molecule has 4 aromatic rings. The van der Waals surface area contributed by atoms with Gasteiger partial charge >= 0.3 is 0 Å². The maximum absolute atomic E-state index is 13.2. The first-order chi connectivity index (χ1) is 16.4. The Morgan fingerprint density at radius 3 is 2.79 bits per heavy atom. The fraction of sp³-hybridized carbons (Fsp3) is 0.320. The monoisotopic (exact) mass is 456 g/mol. The van der Waals surface area contributed by atoms with E-state index in [1.54, 1.807) is 12.4 Å². The molecule has 9 nitrogen and oxygen atoms in total. The van der Waals surface area contributed by atoms with Crippen LogP contribution in [0.5, 0.6) is 0 Å². The molecule has 0 atom stereocenters. The van der Waals surface area contributed by atoms with Crippen molar-refractivity contribution in [2.24, 2.45) is 0 Å². The second-order valence-corrected chi connectivity index (χ2v) is 8.92. The van der Waals surface area contributed by atoms with Gasteiger partial charge < -0.3 is 20.2 Å². The predicted molar refractivity (Wildman–Crippen MR) is 131 cm³/mol. The fourth-order valence-corrected chi connectivity index (χ4v) is 4.05. The van der Waals surface area contributed by atoms with Crippen LogP contribution in [0, 0.1) is 0 Å². The van der Waals surface area contributed by atoms with Crippen molar-refractivity contribution in [3.05, 3.63) is 66.0 Å².